The number of rotatable bonds is 6. The lowest BCUT2D eigenvalue weighted by molar-refractivity contribution is -0.384. The molecule has 3 aromatic rings. The average molecular weight is 505 g/mol. The first kappa shape index (κ1) is 23.4. The van der Waals surface area contributed by atoms with E-state index in [2.05, 4.69) is 0 Å². The van der Waals surface area contributed by atoms with Crippen LogP contribution in [0.4, 0.5) is 5.69 Å². The minimum absolute atomic E-state index is 0.0340. The fraction of sp³-hybridized carbons (Fsp3) is 0.130. The third-order valence-electron chi connectivity index (χ3n) is 5.11. The molecule has 33 heavy (non-hydrogen) atoms. The zero-order valence-corrected chi connectivity index (χ0v) is 19.4. The first-order valence-electron chi connectivity index (χ1n) is 9.85. The molecule has 10 heteroatoms. The van der Waals surface area contributed by atoms with E-state index < -0.39 is 27.3 Å². The van der Waals surface area contributed by atoms with Crippen molar-refractivity contribution in [3.63, 3.8) is 0 Å². The minimum Gasteiger partial charge on any atom is -0.349 e. The second-order valence-corrected chi connectivity index (χ2v) is 10.0. The summed E-state index contributed by atoms with van der Waals surface area (Å²) in [5.41, 5.74) is 1.19. The van der Waals surface area contributed by atoms with Gasteiger partial charge in [-0.25, -0.2) is 8.42 Å². The molecule has 0 bridgehead atoms. The van der Waals surface area contributed by atoms with Crippen molar-refractivity contribution in [1.82, 2.24) is 4.31 Å². The summed E-state index contributed by atoms with van der Waals surface area (Å²) in [7, 11) is -4.06. The molecule has 1 heterocycles. The molecule has 0 saturated carbocycles. The van der Waals surface area contributed by atoms with Crippen LogP contribution in [0.5, 0.6) is 0 Å². The van der Waals surface area contributed by atoms with Gasteiger partial charge >= 0.3 is 0 Å². The number of hydrogen-bond acceptors (Lipinski definition) is 5. The van der Waals surface area contributed by atoms with Gasteiger partial charge in [0.05, 0.1) is 15.9 Å². The van der Waals surface area contributed by atoms with Crippen molar-refractivity contribution in [1.29, 1.82) is 0 Å². The van der Waals surface area contributed by atoms with Gasteiger partial charge in [0.1, 0.15) is 0 Å². The van der Waals surface area contributed by atoms with Crippen molar-refractivity contribution in [3.8, 4) is 0 Å². The van der Waals surface area contributed by atoms with Crippen LogP contribution in [0, 0.1) is 10.1 Å². The summed E-state index contributed by atoms with van der Waals surface area (Å²) in [6.07, 6.45) is 2.10. The molecule has 0 radical (unpaired) electrons. The van der Waals surface area contributed by atoms with E-state index >= 15 is 0 Å². The zero-order chi connectivity index (χ0) is 23.6. The van der Waals surface area contributed by atoms with Gasteiger partial charge in [0.2, 0.25) is 10.0 Å². The molecular weight excluding hydrogens is 487 g/mol. The van der Waals surface area contributed by atoms with E-state index in [0.29, 0.717) is 10.6 Å². The lowest BCUT2D eigenvalue weighted by atomic mass is 10.2. The fourth-order valence-corrected chi connectivity index (χ4v) is 5.48. The van der Waals surface area contributed by atoms with Gasteiger partial charge in [-0.1, -0.05) is 71.8 Å². The molecular formula is C23H18Cl2N2O5S. The summed E-state index contributed by atoms with van der Waals surface area (Å²) in [5, 5.41) is 11.6. The highest BCUT2D eigenvalue weighted by Crippen LogP contribution is 2.39. The van der Waals surface area contributed by atoms with Crippen LogP contribution in [0.25, 0.3) is 6.08 Å². The molecule has 4 rings (SSSR count). The second kappa shape index (κ2) is 9.62. The molecule has 170 valence electrons. The smallest absolute Gasteiger partial charge is 0.269 e. The number of nitrogens with zero attached hydrogens (tertiary/aromatic N) is 2. The van der Waals surface area contributed by atoms with Crippen LogP contribution in [0.3, 0.4) is 0 Å². The van der Waals surface area contributed by atoms with Crippen molar-refractivity contribution >= 4 is 45.0 Å². The Morgan fingerprint density at radius 2 is 1.73 bits per heavy atom. The third-order valence-corrected chi connectivity index (χ3v) is 7.50. The van der Waals surface area contributed by atoms with E-state index in [1.54, 1.807) is 18.2 Å². The Labute approximate surface area is 201 Å². The summed E-state index contributed by atoms with van der Waals surface area (Å²) < 4.78 is 34.3. The molecule has 0 spiro atoms. The lowest BCUT2D eigenvalue weighted by Gasteiger charge is -2.23. The number of non-ortho nitro benzene ring substituents is 1. The number of sulfonamides is 1. The molecule has 1 aliphatic heterocycles. The first-order valence-corrected chi connectivity index (χ1v) is 12.1. The fourth-order valence-electron chi connectivity index (χ4n) is 3.47. The van der Waals surface area contributed by atoms with Gasteiger partial charge in [-0.3, -0.25) is 10.1 Å². The quantitative estimate of drug-likeness (QED) is 0.317. The summed E-state index contributed by atoms with van der Waals surface area (Å²) in [4.78, 5) is 10.3. The minimum atomic E-state index is -4.06. The van der Waals surface area contributed by atoms with Crippen LogP contribution in [0.1, 0.15) is 17.4 Å². The first-order chi connectivity index (χ1) is 15.8. The molecule has 1 saturated heterocycles. The zero-order valence-electron chi connectivity index (χ0n) is 17.0. The standard InChI is InChI=1S/C23H18Cl2N2O5S/c24-17-7-13-21(22(25)14-17)23-26(15-19(32-23)10-6-16-4-2-1-3-5-16)33(30,31)20-11-8-18(9-12-20)27(28)29/h1-14,19,23H,15H2/b10-6+/t19?,23-/m0/s1. The molecule has 0 aromatic heterocycles. The summed E-state index contributed by atoms with van der Waals surface area (Å²) in [6.45, 7) is 0.0340. The summed E-state index contributed by atoms with van der Waals surface area (Å²) in [5.74, 6) is 0. The van der Waals surface area contributed by atoms with E-state index in [-0.39, 0.29) is 22.2 Å². The SMILES string of the molecule is O=[N+]([O-])c1ccc(S(=O)(=O)N2CC(/C=C/c3ccccc3)O[C@H]2c2ccc(Cl)cc2Cl)cc1. The molecule has 0 N–H and O–H groups in total. The Hall–Kier alpha value is -2.75. The summed E-state index contributed by atoms with van der Waals surface area (Å²) >= 11 is 12.4. The molecule has 7 nitrogen and oxygen atoms in total. The van der Waals surface area contributed by atoms with E-state index in [1.807, 2.05) is 36.4 Å². The molecule has 2 atom stereocenters. The maximum absolute atomic E-state index is 13.5. The second-order valence-electron chi connectivity index (χ2n) is 7.29. The predicted octanol–water partition coefficient (Wildman–Crippen LogP) is 5.70. The largest absolute Gasteiger partial charge is 0.349 e. The maximum Gasteiger partial charge on any atom is 0.269 e. The van der Waals surface area contributed by atoms with Crippen molar-refractivity contribution < 1.29 is 18.1 Å². The third kappa shape index (κ3) is 5.10. The Bertz CT molecular complexity index is 1300. The highest BCUT2D eigenvalue weighted by Gasteiger charge is 2.42. The highest BCUT2D eigenvalue weighted by atomic mass is 35.5. The highest BCUT2D eigenvalue weighted by molar-refractivity contribution is 7.89. The van der Waals surface area contributed by atoms with Gasteiger partial charge in [0.15, 0.2) is 6.23 Å². The topological polar surface area (TPSA) is 89.8 Å². The van der Waals surface area contributed by atoms with Gasteiger partial charge in [0.25, 0.3) is 5.69 Å². The number of nitro benzene ring substituents is 1. The molecule has 1 unspecified atom stereocenters. The number of benzene rings is 3. The Morgan fingerprint density at radius 3 is 2.36 bits per heavy atom. The molecule has 1 aliphatic rings. The Morgan fingerprint density at radius 1 is 1.03 bits per heavy atom. The van der Waals surface area contributed by atoms with Crippen LogP contribution in [-0.4, -0.2) is 30.3 Å². The van der Waals surface area contributed by atoms with Crippen LogP contribution >= 0.6 is 23.2 Å². The van der Waals surface area contributed by atoms with E-state index in [4.69, 9.17) is 27.9 Å². The van der Waals surface area contributed by atoms with Gasteiger partial charge in [-0.05, 0) is 29.8 Å². The van der Waals surface area contributed by atoms with E-state index in [1.165, 1.54) is 22.5 Å². The summed E-state index contributed by atoms with van der Waals surface area (Å²) in [6, 6.07) is 19.0. The monoisotopic (exact) mass is 504 g/mol. The number of ether oxygens (including phenoxy) is 1. The van der Waals surface area contributed by atoms with Gasteiger partial charge < -0.3 is 4.74 Å². The molecule has 1 fully saturated rings. The normalized spacial score (nSPS) is 19.2. The van der Waals surface area contributed by atoms with Crippen molar-refractivity contribution in [2.24, 2.45) is 0 Å². The van der Waals surface area contributed by atoms with E-state index in [9.17, 15) is 18.5 Å². The number of hydrogen-bond donors (Lipinski definition) is 0. The van der Waals surface area contributed by atoms with E-state index in [0.717, 1.165) is 17.7 Å². The Kier molecular flexibility index (Phi) is 6.83. The Balaban J connectivity index is 1.70. The molecule has 0 amide bonds. The average Bonchev–Trinajstić information content (AvgIpc) is 3.23. The number of halogens is 2. The molecule has 0 aliphatic carbocycles. The van der Waals surface area contributed by atoms with Crippen molar-refractivity contribution in [3.05, 3.63) is 110 Å². The number of nitro groups is 1. The van der Waals surface area contributed by atoms with Crippen LogP contribution in [0.15, 0.2) is 83.8 Å². The predicted molar refractivity (Wildman–Crippen MR) is 127 cm³/mol. The van der Waals surface area contributed by atoms with Crippen molar-refractivity contribution in [2.45, 2.75) is 17.2 Å². The maximum atomic E-state index is 13.5. The van der Waals surface area contributed by atoms with Gasteiger partial charge in [0, 0.05) is 34.3 Å². The lowest BCUT2D eigenvalue weighted by Crippen LogP contribution is -2.32. The van der Waals surface area contributed by atoms with Crippen LogP contribution in [-0.2, 0) is 14.8 Å². The van der Waals surface area contributed by atoms with Crippen molar-refractivity contribution in [2.75, 3.05) is 6.54 Å². The van der Waals surface area contributed by atoms with Crippen LogP contribution in [0.2, 0.25) is 10.0 Å². The van der Waals surface area contributed by atoms with Gasteiger partial charge in [-0.2, -0.15) is 4.31 Å². The molecule has 3 aromatic carbocycles. The van der Waals surface area contributed by atoms with Gasteiger partial charge in [-0.15, -0.1) is 0 Å². The van der Waals surface area contributed by atoms with Crippen LogP contribution < -0.4 is 0 Å².